The Bertz CT molecular complexity index is 538. The van der Waals surface area contributed by atoms with Crippen LogP contribution in [0.15, 0.2) is 18.2 Å². The molecular weight excluding hydrogens is 254 g/mol. The maximum atomic E-state index is 12.3. The Kier molecular flexibility index (Phi) is 3.97. The van der Waals surface area contributed by atoms with Gasteiger partial charge < -0.3 is 16.4 Å². The first-order valence-electron chi connectivity index (χ1n) is 6.86. The van der Waals surface area contributed by atoms with Gasteiger partial charge in [0.15, 0.2) is 0 Å². The molecule has 0 spiro atoms. The van der Waals surface area contributed by atoms with Crippen molar-refractivity contribution in [1.29, 1.82) is 0 Å². The number of benzene rings is 1. The van der Waals surface area contributed by atoms with Gasteiger partial charge in [-0.05, 0) is 38.3 Å². The molecule has 1 heterocycles. The van der Waals surface area contributed by atoms with Crippen molar-refractivity contribution >= 4 is 17.5 Å². The van der Waals surface area contributed by atoms with Crippen LogP contribution in [0.4, 0.5) is 5.69 Å². The van der Waals surface area contributed by atoms with Crippen LogP contribution >= 0.6 is 0 Å². The zero-order chi connectivity index (χ0) is 14.8. The van der Waals surface area contributed by atoms with Crippen LogP contribution in [0.3, 0.4) is 0 Å². The molecule has 0 aromatic heterocycles. The van der Waals surface area contributed by atoms with E-state index in [2.05, 4.69) is 10.6 Å². The lowest BCUT2D eigenvalue weighted by Crippen LogP contribution is -2.42. The molecule has 1 aromatic rings. The van der Waals surface area contributed by atoms with Crippen molar-refractivity contribution in [2.75, 3.05) is 18.4 Å². The predicted molar refractivity (Wildman–Crippen MR) is 78.6 cm³/mol. The summed E-state index contributed by atoms with van der Waals surface area (Å²) < 4.78 is 0. The number of hydrogen-bond donors (Lipinski definition) is 3. The van der Waals surface area contributed by atoms with Crippen LogP contribution in [0.25, 0.3) is 0 Å². The standard InChI is InChI=1S/C15H21N3O2/c1-15(2,14(16)20)9-18-13(19)11-7-3-5-10-6-4-8-17-12(10)11/h3,5,7,17H,4,6,8-9H2,1-2H3,(H2,16,20)(H,18,19). The first kappa shape index (κ1) is 14.4. The Hall–Kier alpha value is -2.04. The fourth-order valence-corrected chi connectivity index (χ4v) is 2.18. The van der Waals surface area contributed by atoms with Gasteiger partial charge in [-0.15, -0.1) is 0 Å². The van der Waals surface area contributed by atoms with E-state index in [0.717, 1.165) is 30.6 Å². The highest BCUT2D eigenvalue weighted by atomic mass is 16.2. The lowest BCUT2D eigenvalue weighted by Gasteiger charge is -2.23. The van der Waals surface area contributed by atoms with E-state index >= 15 is 0 Å². The van der Waals surface area contributed by atoms with E-state index in [1.165, 1.54) is 0 Å². The molecule has 0 aliphatic carbocycles. The fourth-order valence-electron chi connectivity index (χ4n) is 2.18. The molecule has 0 unspecified atom stereocenters. The van der Waals surface area contributed by atoms with Gasteiger partial charge in [0, 0.05) is 13.1 Å². The number of hydrogen-bond acceptors (Lipinski definition) is 3. The van der Waals surface area contributed by atoms with Gasteiger partial charge in [0.1, 0.15) is 0 Å². The molecule has 0 saturated heterocycles. The van der Waals surface area contributed by atoms with Crippen LogP contribution in [-0.2, 0) is 11.2 Å². The summed E-state index contributed by atoms with van der Waals surface area (Å²) in [4.78, 5) is 23.5. The molecule has 108 valence electrons. The first-order valence-corrected chi connectivity index (χ1v) is 6.86. The first-order chi connectivity index (χ1) is 9.42. The number of nitrogens with two attached hydrogens (primary N) is 1. The van der Waals surface area contributed by atoms with Crippen molar-refractivity contribution in [2.45, 2.75) is 26.7 Å². The summed E-state index contributed by atoms with van der Waals surface area (Å²) in [5.74, 6) is -0.600. The van der Waals surface area contributed by atoms with Gasteiger partial charge in [0.25, 0.3) is 5.91 Å². The molecule has 0 saturated carbocycles. The van der Waals surface area contributed by atoms with Crippen molar-refractivity contribution in [1.82, 2.24) is 5.32 Å². The average Bonchev–Trinajstić information content (AvgIpc) is 2.44. The Morgan fingerprint density at radius 3 is 2.85 bits per heavy atom. The molecule has 20 heavy (non-hydrogen) atoms. The van der Waals surface area contributed by atoms with Gasteiger partial charge in [0.05, 0.1) is 16.7 Å². The van der Waals surface area contributed by atoms with Crippen LogP contribution in [0, 0.1) is 5.41 Å². The Labute approximate surface area is 118 Å². The molecule has 0 atom stereocenters. The number of para-hydroxylation sites is 1. The maximum Gasteiger partial charge on any atom is 0.253 e. The number of rotatable bonds is 4. The summed E-state index contributed by atoms with van der Waals surface area (Å²) in [7, 11) is 0. The van der Waals surface area contributed by atoms with E-state index in [9.17, 15) is 9.59 Å². The number of amides is 2. The van der Waals surface area contributed by atoms with Gasteiger partial charge in [-0.25, -0.2) is 0 Å². The second-order valence-electron chi connectivity index (χ2n) is 5.80. The summed E-state index contributed by atoms with van der Waals surface area (Å²) in [6, 6.07) is 5.72. The van der Waals surface area contributed by atoms with Crippen molar-refractivity contribution < 1.29 is 9.59 Å². The molecule has 1 aliphatic rings. The number of nitrogens with one attached hydrogen (secondary N) is 2. The third kappa shape index (κ3) is 2.92. The monoisotopic (exact) mass is 275 g/mol. The highest BCUT2D eigenvalue weighted by Crippen LogP contribution is 2.26. The summed E-state index contributed by atoms with van der Waals surface area (Å²) in [5, 5.41) is 6.07. The highest BCUT2D eigenvalue weighted by Gasteiger charge is 2.26. The van der Waals surface area contributed by atoms with Gasteiger partial charge >= 0.3 is 0 Å². The third-order valence-electron chi connectivity index (χ3n) is 3.68. The summed E-state index contributed by atoms with van der Waals surface area (Å²) in [6.07, 6.45) is 2.06. The molecular formula is C15H21N3O2. The molecule has 0 bridgehead atoms. The average molecular weight is 275 g/mol. The van der Waals surface area contributed by atoms with Crippen molar-refractivity contribution in [3.63, 3.8) is 0 Å². The number of aryl methyl sites for hydroxylation is 1. The van der Waals surface area contributed by atoms with Crippen molar-refractivity contribution in [3.05, 3.63) is 29.3 Å². The summed E-state index contributed by atoms with van der Waals surface area (Å²) in [5.41, 5.74) is 7.25. The van der Waals surface area contributed by atoms with E-state index in [4.69, 9.17) is 5.73 Å². The molecule has 1 aromatic carbocycles. The summed E-state index contributed by atoms with van der Waals surface area (Å²) in [6.45, 7) is 4.54. The van der Waals surface area contributed by atoms with Gasteiger partial charge in [-0.1, -0.05) is 12.1 Å². The number of fused-ring (bicyclic) bond motifs is 1. The highest BCUT2D eigenvalue weighted by molar-refractivity contribution is 6.00. The lowest BCUT2D eigenvalue weighted by atomic mass is 9.92. The topological polar surface area (TPSA) is 84.2 Å². The zero-order valence-electron chi connectivity index (χ0n) is 12.0. The van der Waals surface area contributed by atoms with E-state index in [1.807, 2.05) is 12.1 Å². The zero-order valence-corrected chi connectivity index (χ0v) is 12.0. The van der Waals surface area contributed by atoms with Crippen LogP contribution in [-0.4, -0.2) is 24.9 Å². The smallest absolute Gasteiger partial charge is 0.253 e. The van der Waals surface area contributed by atoms with E-state index in [1.54, 1.807) is 19.9 Å². The van der Waals surface area contributed by atoms with Crippen LogP contribution in [0.2, 0.25) is 0 Å². The van der Waals surface area contributed by atoms with Gasteiger partial charge in [0.2, 0.25) is 5.91 Å². The minimum absolute atomic E-state index is 0.175. The molecule has 1 aliphatic heterocycles. The summed E-state index contributed by atoms with van der Waals surface area (Å²) >= 11 is 0. The second kappa shape index (κ2) is 5.53. The van der Waals surface area contributed by atoms with Crippen molar-refractivity contribution in [3.8, 4) is 0 Å². The SMILES string of the molecule is CC(C)(CNC(=O)c1cccc2c1NCCC2)C(N)=O. The molecule has 4 N–H and O–H groups in total. The molecule has 0 radical (unpaired) electrons. The van der Waals surface area contributed by atoms with Crippen LogP contribution in [0.5, 0.6) is 0 Å². The Morgan fingerprint density at radius 1 is 1.40 bits per heavy atom. The minimum Gasteiger partial charge on any atom is -0.384 e. The third-order valence-corrected chi connectivity index (χ3v) is 3.68. The number of carbonyl (C=O) groups is 2. The molecule has 2 rings (SSSR count). The largest absolute Gasteiger partial charge is 0.384 e. The normalized spacial score (nSPS) is 14.1. The van der Waals surface area contributed by atoms with Crippen LogP contribution < -0.4 is 16.4 Å². The Morgan fingerprint density at radius 2 is 2.15 bits per heavy atom. The number of carbonyl (C=O) groups excluding carboxylic acids is 2. The van der Waals surface area contributed by atoms with E-state index < -0.39 is 11.3 Å². The van der Waals surface area contributed by atoms with E-state index in [0.29, 0.717) is 5.56 Å². The Balaban J connectivity index is 2.12. The van der Waals surface area contributed by atoms with Crippen molar-refractivity contribution in [2.24, 2.45) is 11.1 Å². The van der Waals surface area contributed by atoms with Crippen LogP contribution in [0.1, 0.15) is 36.2 Å². The number of anilines is 1. The second-order valence-corrected chi connectivity index (χ2v) is 5.80. The minimum atomic E-state index is -0.752. The predicted octanol–water partition coefficient (Wildman–Crippen LogP) is 1.29. The van der Waals surface area contributed by atoms with Gasteiger partial charge in [-0.2, -0.15) is 0 Å². The van der Waals surface area contributed by atoms with Gasteiger partial charge in [-0.3, -0.25) is 9.59 Å². The quantitative estimate of drug-likeness (QED) is 0.774. The molecule has 0 fully saturated rings. The molecule has 2 amide bonds. The van der Waals surface area contributed by atoms with E-state index in [-0.39, 0.29) is 12.5 Å². The molecule has 5 nitrogen and oxygen atoms in total. The molecule has 5 heteroatoms. The lowest BCUT2D eigenvalue weighted by molar-refractivity contribution is -0.125. The fraction of sp³-hybridized carbons (Fsp3) is 0.467. The maximum absolute atomic E-state index is 12.3. The number of primary amides is 1.